The topological polar surface area (TPSA) is 24.9 Å². The zero-order chi connectivity index (χ0) is 16.3. The Labute approximate surface area is 135 Å². The SMILES string of the molecule is CC(C)[Si](C#Cc1cc2c(cn1)=CCNC=2)(C(C)C)C(C)C. The largest absolute Gasteiger partial charge is 0.387 e. The van der Waals surface area contributed by atoms with Crippen LogP contribution < -0.4 is 15.8 Å². The molecule has 0 radical (unpaired) electrons. The number of rotatable bonds is 3. The van der Waals surface area contributed by atoms with Crippen molar-refractivity contribution in [1.29, 1.82) is 0 Å². The lowest BCUT2D eigenvalue weighted by Gasteiger charge is -2.38. The molecule has 0 bridgehead atoms. The van der Waals surface area contributed by atoms with E-state index in [-0.39, 0.29) is 0 Å². The first-order valence-electron chi connectivity index (χ1n) is 8.31. The first-order chi connectivity index (χ1) is 10.4. The molecular weight excluding hydrogens is 284 g/mol. The van der Waals surface area contributed by atoms with Crippen LogP contribution in [-0.2, 0) is 0 Å². The minimum absolute atomic E-state index is 0.652. The molecule has 22 heavy (non-hydrogen) atoms. The molecule has 0 aliphatic carbocycles. The molecule has 1 N–H and O–H groups in total. The van der Waals surface area contributed by atoms with Crippen molar-refractivity contribution in [2.75, 3.05) is 6.54 Å². The van der Waals surface area contributed by atoms with Crippen LogP contribution in [0.15, 0.2) is 12.3 Å². The van der Waals surface area contributed by atoms with Crippen LogP contribution in [0.3, 0.4) is 0 Å². The third kappa shape index (κ3) is 3.12. The van der Waals surface area contributed by atoms with E-state index in [9.17, 15) is 0 Å². The number of aromatic nitrogens is 1. The van der Waals surface area contributed by atoms with Gasteiger partial charge in [0.15, 0.2) is 0 Å². The minimum atomic E-state index is -1.68. The van der Waals surface area contributed by atoms with Crippen LogP contribution in [0.1, 0.15) is 47.2 Å². The summed E-state index contributed by atoms with van der Waals surface area (Å²) in [4.78, 5) is 4.54. The van der Waals surface area contributed by atoms with Crippen molar-refractivity contribution < 1.29 is 0 Å². The van der Waals surface area contributed by atoms with Crippen molar-refractivity contribution in [1.82, 2.24) is 10.3 Å². The van der Waals surface area contributed by atoms with Crippen molar-refractivity contribution in [2.24, 2.45) is 0 Å². The van der Waals surface area contributed by atoms with Crippen LogP contribution in [0.25, 0.3) is 12.3 Å². The highest BCUT2D eigenvalue weighted by atomic mass is 28.3. The fraction of sp³-hybridized carbons (Fsp3) is 0.526. The molecule has 118 valence electrons. The second-order valence-electron chi connectivity index (χ2n) is 7.10. The molecule has 2 rings (SSSR count). The summed E-state index contributed by atoms with van der Waals surface area (Å²) in [5, 5.41) is 5.64. The van der Waals surface area contributed by atoms with E-state index in [2.05, 4.69) is 81.6 Å². The molecule has 0 aromatic carbocycles. The summed E-state index contributed by atoms with van der Waals surface area (Å²) in [6.07, 6.45) is 6.16. The molecule has 1 aromatic rings. The van der Waals surface area contributed by atoms with Gasteiger partial charge in [0.1, 0.15) is 13.8 Å². The summed E-state index contributed by atoms with van der Waals surface area (Å²) in [5.74, 6) is 3.42. The predicted molar refractivity (Wildman–Crippen MR) is 98.3 cm³/mol. The number of pyridine rings is 1. The van der Waals surface area contributed by atoms with E-state index < -0.39 is 8.07 Å². The fourth-order valence-corrected chi connectivity index (χ4v) is 9.00. The first-order valence-corrected chi connectivity index (χ1v) is 10.5. The normalized spacial score (nSPS) is 13.9. The van der Waals surface area contributed by atoms with Gasteiger partial charge < -0.3 is 5.32 Å². The Bertz CT molecular complexity index is 683. The summed E-state index contributed by atoms with van der Waals surface area (Å²) in [5.41, 5.74) is 6.59. The highest BCUT2D eigenvalue weighted by Gasteiger charge is 2.41. The smallest absolute Gasteiger partial charge is 0.146 e. The fourth-order valence-electron chi connectivity index (χ4n) is 3.79. The summed E-state index contributed by atoms with van der Waals surface area (Å²) in [6, 6.07) is 2.10. The van der Waals surface area contributed by atoms with Crippen molar-refractivity contribution in [2.45, 2.75) is 58.2 Å². The second kappa shape index (κ2) is 6.70. The van der Waals surface area contributed by atoms with Gasteiger partial charge in [-0.25, -0.2) is 4.98 Å². The maximum absolute atomic E-state index is 4.54. The lowest BCUT2D eigenvalue weighted by Crippen LogP contribution is -2.43. The standard InChI is InChI=1S/C19H28N2Si/c1-14(2)22(15(3)4,16(5)6)10-8-19-11-18-12-20-9-7-17(18)13-21-19/h7,11-16,20H,9H2,1-6H3. The van der Waals surface area contributed by atoms with Gasteiger partial charge in [0.25, 0.3) is 0 Å². The molecule has 3 heteroatoms. The summed E-state index contributed by atoms with van der Waals surface area (Å²) >= 11 is 0. The summed E-state index contributed by atoms with van der Waals surface area (Å²) in [7, 11) is -1.68. The number of hydrogen-bond donors (Lipinski definition) is 1. The van der Waals surface area contributed by atoms with E-state index in [1.165, 1.54) is 10.4 Å². The van der Waals surface area contributed by atoms with E-state index in [1.807, 2.05) is 6.20 Å². The zero-order valence-electron chi connectivity index (χ0n) is 14.7. The minimum Gasteiger partial charge on any atom is -0.387 e. The van der Waals surface area contributed by atoms with Crippen LogP contribution in [0, 0.1) is 11.5 Å². The van der Waals surface area contributed by atoms with Gasteiger partial charge in [-0.3, -0.25) is 0 Å². The molecule has 1 aliphatic heterocycles. The molecule has 0 atom stereocenters. The molecule has 0 amide bonds. The third-order valence-corrected chi connectivity index (χ3v) is 11.2. The number of fused-ring (bicyclic) bond motifs is 1. The first kappa shape index (κ1) is 16.8. The quantitative estimate of drug-likeness (QED) is 0.686. The van der Waals surface area contributed by atoms with Gasteiger partial charge in [-0.15, -0.1) is 5.54 Å². The second-order valence-corrected chi connectivity index (χ2v) is 12.7. The maximum atomic E-state index is 4.54. The molecule has 1 aliphatic rings. The summed E-state index contributed by atoms with van der Waals surface area (Å²) in [6.45, 7) is 14.9. The molecule has 0 spiro atoms. The van der Waals surface area contributed by atoms with E-state index in [4.69, 9.17) is 0 Å². The van der Waals surface area contributed by atoms with Crippen molar-refractivity contribution in [3.05, 3.63) is 28.4 Å². The number of hydrogen-bond acceptors (Lipinski definition) is 2. The third-order valence-electron chi connectivity index (χ3n) is 4.94. The van der Waals surface area contributed by atoms with E-state index in [0.29, 0.717) is 16.6 Å². The van der Waals surface area contributed by atoms with Crippen LogP contribution in [-0.4, -0.2) is 19.6 Å². The molecule has 0 saturated heterocycles. The Hall–Kier alpha value is -1.53. The highest BCUT2D eigenvalue weighted by Crippen LogP contribution is 2.40. The number of nitrogens with one attached hydrogen (secondary N) is 1. The van der Waals surface area contributed by atoms with Crippen LogP contribution in [0.2, 0.25) is 16.6 Å². The number of nitrogens with zero attached hydrogens (tertiary/aromatic N) is 1. The Morgan fingerprint density at radius 3 is 2.27 bits per heavy atom. The van der Waals surface area contributed by atoms with Gasteiger partial charge in [-0.2, -0.15) is 0 Å². The molecule has 0 saturated carbocycles. The van der Waals surface area contributed by atoms with E-state index in [0.717, 1.165) is 12.2 Å². The van der Waals surface area contributed by atoms with Gasteiger partial charge in [0.2, 0.25) is 0 Å². The maximum Gasteiger partial charge on any atom is 0.146 e. The monoisotopic (exact) mass is 312 g/mol. The van der Waals surface area contributed by atoms with Gasteiger partial charge in [0, 0.05) is 24.2 Å². The average molecular weight is 313 g/mol. The average Bonchev–Trinajstić information content (AvgIpc) is 2.46. The van der Waals surface area contributed by atoms with Gasteiger partial charge in [0.05, 0.1) is 0 Å². The Morgan fingerprint density at radius 1 is 1.05 bits per heavy atom. The molecule has 2 nitrogen and oxygen atoms in total. The molecule has 1 aromatic heterocycles. The van der Waals surface area contributed by atoms with Crippen molar-refractivity contribution >= 4 is 20.3 Å². The van der Waals surface area contributed by atoms with Crippen molar-refractivity contribution in [3.63, 3.8) is 0 Å². The van der Waals surface area contributed by atoms with E-state index >= 15 is 0 Å². The van der Waals surface area contributed by atoms with Gasteiger partial charge in [-0.1, -0.05) is 53.5 Å². The van der Waals surface area contributed by atoms with Crippen molar-refractivity contribution in [3.8, 4) is 11.5 Å². The lowest BCUT2D eigenvalue weighted by molar-refractivity contribution is 0.838. The molecule has 0 unspecified atom stereocenters. The molecule has 0 fully saturated rings. The molecular formula is C19H28N2Si. The Kier molecular flexibility index (Phi) is 5.13. The van der Waals surface area contributed by atoms with E-state index in [1.54, 1.807) is 0 Å². The predicted octanol–water partition coefficient (Wildman–Crippen LogP) is 2.77. The van der Waals surface area contributed by atoms with Gasteiger partial charge >= 0.3 is 0 Å². The highest BCUT2D eigenvalue weighted by molar-refractivity contribution is 6.90. The summed E-state index contributed by atoms with van der Waals surface area (Å²) < 4.78 is 0. The van der Waals surface area contributed by atoms with Crippen LogP contribution in [0.4, 0.5) is 0 Å². The lowest BCUT2D eigenvalue weighted by atomic mass is 10.2. The van der Waals surface area contributed by atoms with Crippen LogP contribution in [0.5, 0.6) is 0 Å². The van der Waals surface area contributed by atoms with Gasteiger partial charge in [-0.05, 0) is 27.9 Å². The Balaban J connectivity index is 2.47. The zero-order valence-corrected chi connectivity index (χ0v) is 15.7. The molecule has 2 heterocycles. The van der Waals surface area contributed by atoms with Crippen LogP contribution >= 0.6 is 0 Å². The Morgan fingerprint density at radius 2 is 1.68 bits per heavy atom.